The van der Waals surface area contributed by atoms with E-state index in [1.54, 1.807) is 0 Å². The first-order valence-corrected chi connectivity index (χ1v) is 6.12. The van der Waals surface area contributed by atoms with Gasteiger partial charge in [0.2, 0.25) is 0 Å². The van der Waals surface area contributed by atoms with Crippen molar-refractivity contribution in [3.05, 3.63) is 0 Å². The standard InChI is InChI=1S/C4H11NO5P2.CH4/c1-2-3-4-5-12(8,9)10-11(6)7;/h2-4H2,1H3,(H2-,5,6,7,8,9);1H4/p+1. The molecule has 0 aliphatic heterocycles. The van der Waals surface area contributed by atoms with Crippen molar-refractivity contribution >= 4 is 16.0 Å². The van der Waals surface area contributed by atoms with Crippen LogP contribution in [0.25, 0.3) is 0 Å². The van der Waals surface area contributed by atoms with E-state index < -0.39 is 16.0 Å². The van der Waals surface area contributed by atoms with Crippen LogP contribution in [0.3, 0.4) is 0 Å². The van der Waals surface area contributed by atoms with Gasteiger partial charge >= 0.3 is 16.0 Å². The second-order valence-electron chi connectivity index (χ2n) is 2.10. The lowest BCUT2D eigenvalue weighted by Crippen LogP contribution is -2.11. The zero-order valence-corrected chi connectivity index (χ0v) is 8.42. The summed E-state index contributed by atoms with van der Waals surface area (Å²) in [7, 11) is -7.10. The molecule has 0 aromatic heterocycles. The highest BCUT2D eigenvalue weighted by Crippen LogP contribution is 2.45. The maximum Gasteiger partial charge on any atom is 0.704 e. The zero-order valence-electron chi connectivity index (χ0n) is 6.63. The molecule has 0 amide bonds. The molecule has 0 rings (SSSR count). The summed E-state index contributed by atoms with van der Waals surface area (Å²) in [6, 6.07) is 0. The van der Waals surface area contributed by atoms with Crippen LogP contribution in [0.1, 0.15) is 27.2 Å². The predicted molar refractivity (Wildman–Crippen MR) is 50.4 cm³/mol. The van der Waals surface area contributed by atoms with Crippen LogP contribution >= 0.6 is 16.0 Å². The molecule has 0 saturated carbocycles. The van der Waals surface area contributed by atoms with Crippen molar-refractivity contribution in [3.63, 3.8) is 0 Å². The Balaban J connectivity index is 0. The van der Waals surface area contributed by atoms with Crippen molar-refractivity contribution in [1.29, 1.82) is 0 Å². The van der Waals surface area contributed by atoms with Crippen molar-refractivity contribution in [2.45, 2.75) is 27.2 Å². The third kappa shape index (κ3) is 10.1. The van der Waals surface area contributed by atoms with Crippen LogP contribution in [0.5, 0.6) is 0 Å². The van der Waals surface area contributed by atoms with Gasteiger partial charge < -0.3 is 4.89 Å². The van der Waals surface area contributed by atoms with Crippen LogP contribution in [0, 0.1) is 0 Å². The van der Waals surface area contributed by atoms with Crippen molar-refractivity contribution in [2.24, 2.45) is 0 Å². The van der Waals surface area contributed by atoms with E-state index in [9.17, 15) is 9.13 Å². The van der Waals surface area contributed by atoms with E-state index >= 15 is 0 Å². The number of nitrogens with one attached hydrogen (secondary N) is 1. The Kier molecular flexibility index (Phi) is 9.09. The van der Waals surface area contributed by atoms with Gasteiger partial charge in [0.05, 0.1) is 0 Å². The molecular formula is C5H16NO5P2+. The molecule has 0 aromatic rings. The normalized spacial score (nSPS) is 15.8. The van der Waals surface area contributed by atoms with Gasteiger partial charge in [-0.1, -0.05) is 20.8 Å². The molecule has 0 aliphatic rings. The van der Waals surface area contributed by atoms with Gasteiger partial charge in [0.25, 0.3) is 0 Å². The van der Waals surface area contributed by atoms with Crippen LogP contribution < -0.4 is 5.09 Å². The summed E-state index contributed by atoms with van der Waals surface area (Å²) in [4.78, 5) is 16.9. The summed E-state index contributed by atoms with van der Waals surface area (Å²) in [6.07, 6.45) is 1.56. The number of unbranched alkanes of at least 4 members (excludes halogenated alkanes) is 1. The third-order valence-electron chi connectivity index (χ3n) is 1.02. The minimum absolute atomic E-state index is 0. The summed E-state index contributed by atoms with van der Waals surface area (Å²) in [5.41, 5.74) is 0. The lowest BCUT2D eigenvalue weighted by molar-refractivity contribution is 0.339. The molecule has 0 aliphatic carbocycles. The number of hydrogen-bond donors (Lipinski definition) is 3. The Hall–Kier alpha value is 0.170. The van der Waals surface area contributed by atoms with Crippen LogP contribution in [0.4, 0.5) is 0 Å². The van der Waals surface area contributed by atoms with Crippen molar-refractivity contribution in [2.75, 3.05) is 6.54 Å². The van der Waals surface area contributed by atoms with Crippen molar-refractivity contribution in [3.8, 4) is 0 Å². The molecule has 3 N–H and O–H groups in total. The summed E-state index contributed by atoms with van der Waals surface area (Å²) in [6.45, 7) is 2.20. The molecule has 0 saturated heterocycles. The van der Waals surface area contributed by atoms with Crippen LogP contribution in [0.2, 0.25) is 0 Å². The zero-order chi connectivity index (χ0) is 9.61. The molecule has 13 heavy (non-hydrogen) atoms. The van der Waals surface area contributed by atoms with E-state index in [1.165, 1.54) is 0 Å². The van der Waals surface area contributed by atoms with Crippen molar-refractivity contribution < 1.29 is 23.2 Å². The highest BCUT2D eigenvalue weighted by Gasteiger charge is 2.31. The Morgan fingerprint density at radius 3 is 2.54 bits per heavy atom. The van der Waals surface area contributed by atoms with E-state index in [1.807, 2.05) is 6.92 Å². The van der Waals surface area contributed by atoms with Gasteiger partial charge in [-0.15, -0.1) is 4.89 Å². The van der Waals surface area contributed by atoms with Crippen LogP contribution in [0.15, 0.2) is 0 Å². The quantitative estimate of drug-likeness (QED) is 0.477. The lowest BCUT2D eigenvalue weighted by Gasteiger charge is -2.03. The number of hydrogen-bond acceptors (Lipinski definition) is 3. The van der Waals surface area contributed by atoms with Gasteiger partial charge in [-0.2, -0.15) is 0 Å². The maximum absolute atomic E-state index is 10.8. The smallest absolute Gasteiger partial charge is 0.310 e. The monoisotopic (exact) mass is 232 g/mol. The minimum Gasteiger partial charge on any atom is -0.310 e. The first-order chi connectivity index (χ1) is 5.48. The van der Waals surface area contributed by atoms with Gasteiger partial charge in [0.15, 0.2) is 0 Å². The summed E-state index contributed by atoms with van der Waals surface area (Å²) in [5, 5.41) is 2.14. The van der Waals surface area contributed by atoms with Gasteiger partial charge in [-0.25, -0.2) is 9.65 Å². The molecule has 0 radical (unpaired) electrons. The molecule has 0 heterocycles. The Morgan fingerprint density at radius 2 is 2.15 bits per heavy atom. The van der Waals surface area contributed by atoms with E-state index in [4.69, 9.17) is 9.79 Å². The predicted octanol–water partition coefficient (Wildman–Crippen LogP) is 1.78. The highest BCUT2D eigenvalue weighted by molar-refractivity contribution is 7.58. The minimum atomic E-state index is -4.06. The Morgan fingerprint density at radius 1 is 1.62 bits per heavy atom. The second-order valence-corrected chi connectivity index (χ2v) is 4.59. The SMILES string of the molecule is C.CCCCNP(=O)(O)O[P+](=O)O. The first kappa shape index (κ1) is 15.6. The van der Waals surface area contributed by atoms with E-state index in [0.29, 0.717) is 6.42 Å². The summed E-state index contributed by atoms with van der Waals surface area (Å²) >= 11 is 0. The fraction of sp³-hybridized carbons (Fsp3) is 1.00. The van der Waals surface area contributed by atoms with E-state index in [-0.39, 0.29) is 14.0 Å². The van der Waals surface area contributed by atoms with E-state index in [2.05, 4.69) is 9.40 Å². The lowest BCUT2D eigenvalue weighted by atomic mass is 10.3. The highest BCUT2D eigenvalue weighted by atomic mass is 31.2. The first-order valence-electron chi connectivity index (χ1n) is 3.41. The van der Waals surface area contributed by atoms with Gasteiger partial charge in [-0.3, -0.25) is 0 Å². The largest absolute Gasteiger partial charge is 0.704 e. The third-order valence-corrected chi connectivity index (χ3v) is 3.09. The fourth-order valence-electron chi connectivity index (χ4n) is 0.521. The van der Waals surface area contributed by atoms with Gasteiger partial charge in [-0.05, 0) is 10.7 Å². The van der Waals surface area contributed by atoms with Gasteiger partial charge in [0.1, 0.15) is 0 Å². The van der Waals surface area contributed by atoms with E-state index in [0.717, 1.165) is 6.42 Å². The Labute approximate surface area is 78.9 Å². The molecule has 8 heteroatoms. The Bertz CT molecular complexity index is 197. The molecular weight excluding hydrogens is 216 g/mol. The van der Waals surface area contributed by atoms with Crippen LogP contribution in [-0.2, 0) is 13.4 Å². The average Bonchev–Trinajstić information content (AvgIpc) is 1.84. The summed E-state index contributed by atoms with van der Waals surface area (Å²) < 4.78 is 24.6. The molecule has 0 spiro atoms. The second kappa shape index (κ2) is 7.56. The molecule has 80 valence electrons. The maximum atomic E-state index is 10.8. The fourth-order valence-corrected chi connectivity index (χ4v) is 1.95. The summed E-state index contributed by atoms with van der Waals surface area (Å²) in [5.74, 6) is 0. The topological polar surface area (TPSA) is 95.9 Å². The molecule has 6 nitrogen and oxygen atoms in total. The van der Waals surface area contributed by atoms with Crippen molar-refractivity contribution in [1.82, 2.24) is 5.09 Å². The molecule has 0 bridgehead atoms. The van der Waals surface area contributed by atoms with Gasteiger partial charge in [0, 0.05) is 11.1 Å². The molecule has 2 atom stereocenters. The van der Waals surface area contributed by atoms with Crippen LogP contribution in [-0.4, -0.2) is 16.3 Å². The molecule has 2 unspecified atom stereocenters. The average molecular weight is 232 g/mol. The molecule has 0 fully saturated rings. The molecule has 0 aromatic carbocycles. The number of rotatable bonds is 6.